The molecule has 0 atom stereocenters. The van der Waals surface area contributed by atoms with E-state index in [1.807, 2.05) is 0 Å². The number of carbonyl (C=O) groups is 3. The SMILES string of the molecule is O=C(CNC(=O)c1ccc(Br)cc1)Nc1ccccc1C(=O)N1CCCC1. The largest absolute Gasteiger partial charge is 0.343 e. The lowest BCUT2D eigenvalue weighted by Gasteiger charge is -2.18. The van der Waals surface area contributed by atoms with Crippen LogP contribution in [0.1, 0.15) is 33.6 Å². The minimum absolute atomic E-state index is 0.0812. The molecule has 7 heteroatoms. The van der Waals surface area contributed by atoms with Crippen LogP contribution in [0.15, 0.2) is 53.0 Å². The summed E-state index contributed by atoms with van der Waals surface area (Å²) in [7, 11) is 0. The molecule has 1 saturated heterocycles. The average molecular weight is 430 g/mol. The van der Waals surface area contributed by atoms with Crippen molar-refractivity contribution in [1.82, 2.24) is 10.2 Å². The molecule has 0 spiro atoms. The number of hydrogen-bond donors (Lipinski definition) is 2. The summed E-state index contributed by atoms with van der Waals surface area (Å²) in [4.78, 5) is 38.8. The second-order valence-electron chi connectivity index (χ2n) is 6.28. The molecule has 1 fully saturated rings. The number of carbonyl (C=O) groups excluding carboxylic acids is 3. The van der Waals surface area contributed by atoms with Crippen LogP contribution < -0.4 is 10.6 Å². The lowest BCUT2D eigenvalue weighted by atomic mass is 10.1. The first-order valence-corrected chi connectivity index (χ1v) is 9.56. The Labute approximate surface area is 166 Å². The fraction of sp³-hybridized carbons (Fsp3) is 0.250. The van der Waals surface area contributed by atoms with Gasteiger partial charge in [0.05, 0.1) is 17.8 Å². The molecule has 2 N–H and O–H groups in total. The number of nitrogens with one attached hydrogen (secondary N) is 2. The summed E-state index contributed by atoms with van der Waals surface area (Å²) in [5.74, 6) is -0.802. The van der Waals surface area contributed by atoms with Crippen LogP contribution in [0.25, 0.3) is 0 Å². The minimum Gasteiger partial charge on any atom is -0.343 e. The number of benzene rings is 2. The first-order chi connectivity index (χ1) is 13.0. The lowest BCUT2D eigenvalue weighted by molar-refractivity contribution is -0.115. The molecule has 1 heterocycles. The van der Waals surface area contributed by atoms with Gasteiger partial charge in [0.15, 0.2) is 0 Å². The van der Waals surface area contributed by atoms with E-state index >= 15 is 0 Å². The first kappa shape index (κ1) is 19.1. The highest BCUT2D eigenvalue weighted by Gasteiger charge is 2.22. The van der Waals surface area contributed by atoms with Gasteiger partial charge in [-0.25, -0.2) is 0 Å². The molecular weight excluding hydrogens is 410 g/mol. The summed E-state index contributed by atoms with van der Waals surface area (Å²) in [6.45, 7) is 1.30. The van der Waals surface area contributed by atoms with E-state index in [1.165, 1.54) is 0 Å². The number of anilines is 1. The molecule has 27 heavy (non-hydrogen) atoms. The van der Waals surface area contributed by atoms with Crippen LogP contribution >= 0.6 is 15.9 Å². The van der Waals surface area contributed by atoms with Crippen LogP contribution in [0.2, 0.25) is 0 Å². The smallest absolute Gasteiger partial charge is 0.255 e. The minimum atomic E-state index is -0.387. The fourth-order valence-corrected chi connectivity index (χ4v) is 3.19. The monoisotopic (exact) mass is 429 g/mol. The lowest BCUT2D eigenvalue weighted by Crippen LogP contribution is -2.34. The summed E-state index contributed by atoms with van der Waals surface area (Å²) >= 11 is 3.31. The topological polar surface area (TPSA) is 78.5 Å². The van der Waals surface area contributed by atoms with Gasteiger partial charge < -0.3 is 15.5 Å². The van der Waals surface area contributed by atoms with E-state index in [1.54, 1.807) is 53.4 Å². The zero-order valence-corrected chi connectivity index (χ0v) is 16.3. The van der Waals surface area contributed by atoms with Gasteiger partial charge in [0, 0.05) is 23.1 Å². The Balaban J connectivity index is 1.60. The van der Waals surface area contributed by atoms with E-state index in [-0.39, 0.29) is 24.3 Å². The Kier molecular flexibility index (Phi) is 6.24. The van der Waals surface area contributed by atoms with Crippen molar-refractivity contribution in [3.8, 4) is 0 Å². The summed E-state index contributed by atoms with van der Waals surface area (Å²) in [5, 5.41) is 5.30. The van der Waals surface area contributed by atoms with Crippen molar-refractivity contribution in [2.24, 2.45) is 0 Å². The molecular formula is C20H20BrN3O3. The van der Waals surface area contributed by atoms with E-state index in [0.29, 0.717) is 16.8 Å². The van der Waals surface area contributed by atoms with Gasteiger partial charge in [0.1, 0.15) is 0 Å². The van der Waals surface area contributed by atoms with Gasteiger partial charge >= 0.3 is 0 Å². The molecule has 1 aliphatic heterocycles. The number of para-hydroxylation sites is 1. The molecule has 2 aromatic carbocycles. The predicted molar refractivity (Wildman–Crippen MR) is 107 cm³/mol. The molecule has 0 unspecified atom stereocenters. The van der Waals surface area contributed by atoms with Gasteiger partial charge in [-0.1, -0.05) is 28.1 Å². The third-order valence-corrected chi connectivity index (χ3v) is 4.87. The van der Waals surface area contributed by atoms with E-state index in [0.717, 1.165) is 30.4 Å². The molecule has 0 radical (unpaired) electrons. The molecule has 0 aliphatic carbocycles. The molecule has 140 valence electrons. The first-order valence-electron chi connectivity index (χ1n) is 8.76. The van der Waals surface area contributed by atoms with Crippen molar-refractivity contribution in [2.75, 3.05) is 25.0 Å². The molecule has 2 aromatic rings. The van der Waals surface area contributed by atoms with Crippen molar-refractivity contribution >= 4 is 39.3 Å². The van der Waals surface area contributed by atoms with Crippen LogP contribution in [0.3, 0.4) is 0 Å². The van der Waals surface area contributed by atoms with E-state index in [9.17, 15) is 14.4 Å². The number of likely N-dealkylation sites (tertiary alicyclic amines) is 1. The Morgan fingerprint density at radius 1 is 0.963 bits per heavy atom. The molecule has 6 nitrogen and oxygen atoms in total. The van der Waals surface area contributed by atoms with Crippen molar-refractivity contribution in [3.05, 3.63) is 64.1 Å². The van der Waals surface area contributed by atoms with Gasteiger partial charge in [-0.2, -0.15) is 0 Å². The fourth-order valence-electron chi connectivity index (χ4n) is 2.93. The van der Waals surface area contributed by atoms with E-state index < -0.39 is 0 Å². The summed E-state index contributed by atoms with van der Waals surface area (Å²) in [6, 6.07) is 13.8. The van der Waals surface area contributed by atoms with Crippen LogP contribution in [-0.2, 0) is 4.79 Å². The number of rotatable bonds is 5. The third-order valence-electron chi connectivity index (χ3n) is 4.34. The Morgan fingerprint density at radius 3 is 2.33 bits per heavy atom. The average Bonchev–Trinajstić information content (AvgIpc) is 3.21. The van der Waals surface area contributed by atoms with Gasteiger partial charge in [0.2, 0.25) is 5.91 Å². The normalized spacial score (nSPS) is 13.3. The summed E-state index contributed by atoms with van der Waals surface area (Å²) in [6.07, 6.45) is 2.00. The maximum atomic E-state index is 12.6. The highest BCUT2D eigenvalue weighted by molar-refractivity contribution is 9.10. The molecule has 0 aromatic heterocycles. The zero-order chi connectivity index (χ0) is 19.2. The molecule has 1 aliphatic rings. The standard InChI is InChI=1S/C20H20BrN3O3/c21-15-9-7-14(8-10-15)19(26)22-13-18(25)23-17-6-2-1-5-16(17)20(27)24-11-3-4-12-24/h1-2,5-10H,3-4,11-13H2,(H,22,26)(H,23,25). The summed E-state index contributed by atoms with van der Waals surface area (Å²) < 4.78 is 0.871. The van der Waals surface area contributed by atoms with E-state index in [4.69, 9.17) is 0 Å². The number of amides is 3. The molecule has 0 saturated carbocycles. The number of hydrogen-bond acceptors (Lipinski definition) is 3. The zero-order valence-electron chi connectivity index (χ0n) is 14.7. The van der Waals surface area contributed by atoms with Crippen molar-refractivity contribution < 1.29 is 14.4 Å². The van der Waals surface area contributed by atoms with Gasteiger partial charge in [0.25, 0.3) is 11.8 Å². The van der Waals surface area contributed by atoms with Crippen molar-refractivity contribution in [2.45, 2.75) is 12.8 Å². The Hall–Kier alpha value is -2.67. The second kappa shape index (κ2) is 8.81. The Morgan fingerprint density at radius 2 is 1.63 bits per heavy atom. The molecule has 0 bridgehead atoms. The van der Waals surface area contributed by atoms with Gasteiger partial charge in [-0.05, 0) is 49.2 Å². The number of halogens is 1. The molecule has 3 rings (SSSR count). The van der Waals surface area contributed by atoms with E-state index in [2.05, 4.69) is 26.6 Å². The Bertz CT molecular complexity index is 846. The predicted octanol–water partition coefficient (Wildman–Crippen LogP) is 3.05. The van der Waals surface area contributed by atoms with Crippen LogP contribution in [0, 0.1) is 0 Å². The maximum absolute atomic E-state index is 12.6. The highest BCUT2D eigenvalue weighted by Crippen LogP contribution is 2.20. The van der Waals surface area contributed by atoms with Crippen molar-refractivity contribution in [3.63, 3.8) is 0 Å². The summed E-state index contributed by atoms with van der Waals surface area (Å²) in [5.41, 5.74) is 1.39. The maximum Gasteiger partial charge on any atom is 0.255 e. The van der Waals surface area contributed by atoms with Crippen LogP contribution in [0.5, 0.6) is 0 Å². The van der Waals surface area contributed by atoms with Crippen molar-refractivity contribution in [1.29, 1.82) is 0 Å². The second-order valence-corrected chi connectivity index (χ2v) is 7.20. The van der Waals surface area contributed by atoms with Gasteiger partial charge in [-0.3, -0.25) is 14.4 Å². The van der Waals surface area contributed by atoms with Gasteiger partial charge in [-0.15, -0.1) is 0 Å². The van der Waals surface area contributed by atoms with Crippen LogP contribution in [-0.4, -0.2) is 42.3 Å². The third kappa shape index (κ3) is 4.95. The number of nitrogens with zero attached hydrogens (tertiary/aromatic N) is 1. The quantitative estimate of drug-likeness (QED) is 0.766. The molecule has 3 amide bonds. The highest BCUT2D eigenvalue weighted by atomic mass is 79.9. The van der Waals surface area contributed by atoms with Crippen LogP contribution in [0.4, 0.5) is 5.69 Å².